The second-order valence-corrected chi connectivity index (χ2v) is 4.39. The summed E-state index contributed by atoms with van der Waals surface area (Å²) >= 11 is 0. The summed E-state index contributed by atoms with van der Waals surface area (Å²) in [6.45, 7) is 4.55. The molecule has 88 valence electrons. The SMILES string of the molecule is CN(C)C1CN(ON2CCCC2)CCO1. The van der Waals surface area contributed by atoms with Gasteiger partial charge in [0, 0.05) is 19.6 Å². The molecule has 2 fully saturated rings. The van der Waals surface area contributed by atoms with Gasteiger partial charge in [0.05, 0.1) is 13.2 Å². The van der Waals surface area contributed by atoms with Crippen LogP contribution in [0.3, 0.4) is 0 Å². The van der Waals surface area contributed by atoms with Crippen LogP contribution in [0.4, 0.5) is 0 Å². The first-order valence-electron chi connectivity index (χ1n) is 5.72. The maximum atomic E-state index is 5.79. The van der Waals surface area contributed by atoms with Crippen molar-refractivity contribution in [2.24, 2.45) is 0 Å². The minimum Gasteiger partial charge on any atom is -0.360 e. The van der Waals surface area contributed by atoms with E-state index in [-0.39, 0.29) is 6.23 Å². The summed E-state index contributed by atoms with van der Waals surface area (Å²) in [5.41, 5.74) is 0. The van der Waals surface area contributed by atoms with E-state index in [1.807, 2.05) is 19.2 Å². The minimum absolute atomic E-state index is 0.154. The number of nitrogens with zero attached hydrogens (tertiary/aromatic N) is 3. The lowest BCUT2D eigenvalue weighted by atomic mass is 10.4. The number of hydrogen-bond donors (Lipinski definition) is 0. The molecule has 0 N–H and O–H groups in total. The molecule has 1 unspecified atom stereocenters. The van der Waals surface area contributed by atoms with Crippen LogP contribution >= 0.6 is 0 Å². The maximum Gasteiger partial charge on any atom is 0.125 e. The van der Waals surface area contributed by atoms with E-state index < -0.39 is 0 Å². The van der Waals surface area contributed by atoms with Crippen molar-refractivity contribution < 1.29 is 9.68 Å². The van der Waals surface area contributed by atoms with E-state index >= 15 is 0 Å². The van der Waals surface area contributed by atoms with E-state index in [1.165, 1.54) is 12.8 Å². The third-order valence-corrected chi connectivity index (χ3v) is 2.88. The Bertz CT molecular complexity index is 193. The number of hydroxylamine groups is 4. The summed E-state index contributed by atoms with van der Waals surface area (Å²) in [5.74, 6) is 0. The van der Waals surface area contributed by atoms with Crippen molar-refractivity contribution in [3.8, 4) is 0 Å². The molecular formula is C10H21N3O2. The lowest BCUT2D eigenvalue weighted by molar-refractivity contribution is -0.343. The van der Waals surface area contributed by atoms with Crippen LogP contribution < -0.4 is 0 Å². The van der Waals surface area contributed by atoms with Gasteiger partial charge >= 0.3 is 0 Å². The van der Waals surface area contributed by atoms with E-state index in [9.17, 15) is 0 Å². The third kappa shape index (κ3) is 3.12. The van der Waals surface area contributed by atoms with Gasteiger partial charge in [0.15, 0.2) is 0 Å². The fourth-order valence-corrected chi connectivity index (χ4v) is 1.93. The molecule has 0 saturated carbocycles. The highest BCUT2D eigenvalue weighted by Gasteiger charge is 2.25. The number of hydrogen-bond acceptors (Lipinski definition) is 5. The molecule has 15 heavy (non-hydrogen) atoms. The van der Waals surface area contributed by atoms with E-state index in [0.29, 0.717) is 0 Å². The Kier molecular flexibility index (Phi) is 3.93. The first-order valence-corrected chi connectivity index (χ1v) is 5.72. The van der Waals surface area contributed by atoms with Gasteiger partial charge in [0.1, 0.15) is 6.23 Å². The van der Waals surface area contributed by atoms with Crippen molar-refractivity contribution in [2.45, 2.75) is 19.1 Å². The molecule has 0 amide bonds. The average Bonchev–Trinajstić information content (AvgIpc) is 2.71. The molecule has 0 aliphatic carbocycles. The molecule has 0 aromatic rings. The topological polar surface area (TPSA) is 28.2 Å². The minimum atomic E-state index is 0.154. The Balaban J connectivity index is 1.76. The van der Waals surface area contributed by atoms with Crippen LogP contribution in [0.1, 0.15) is 12.8 Å². The van der Waals surface area contributed by atoms with Gasteiger partial charge in [-0.1, -0.05) is 0 Å². The molecule has 2 heterocycles. The second-order valence-electron chi connectivity index (χ2n) is 4.39. The smallest absolute Gasteiger partial charge is 0.125 e. The highest BCUT2D eigenvalue weighted by Crippen LogP contribution is 2.13. The zero-order valence-corrected chi connectivity index (χ0v) is 9.69. The summed E-state index contributed by atoms with van der Waals surface area (Å²) in [6.07, 6.45) is 2.66. The van der Waals surface area contributed by atoms with Gasteiger partial charge < -0.3 is 4.74 Å². The molecule has 1 atom stereocenters. The van der Waals surface area contributed by atoms with Gasteiger partial charge in [0.25, 0.3) is 0 Å². The Morgan fingerprint density at radius 2 is 1.87 bits per heavy atom. The van der Waals surface area contributed by atoms with Crippen LogP contribution in [0.2, 0.25) is 0 Å². The van der Waals surface area contributed by atoms with Crippen LogP contribution in [0.15, 0.2) is 0 Å². The normalized spacial score (nSPS) is 30.2. The van der Waals surface area contributed by atoms with Gasteiger partial charge in [-0.2, -0.15) is 10.1 Å². The van der Waals surface area contributed by atoms with Gasteiger partial charge in [-0.05, 0) is 26.9 Å². The van der Waals surface area contributed by atoms with Crippen molar-refractivity contribution in [1.82, 2.24) is 15.0 Å². The van der Waals surface area contributed by atoms with Crippen LogP contribution in [0, 0.1) is 0 Å². The van der Waals surface area contributed by atoms with E-state index in [0.717, 1.165) is 32.8 Å². The van der Waals surface area contributed by atoms with Crippen LogP contribution in [0.25, 0.3) is 0 Å². The van der Waals surface area contributed by atoms with Crippen LogP contribution in [-0.2, 0) is 9.68 Å². The highest BCUT2D eigenvalue weighted by molar-refractivity contribution is 4.64. The van der Waals surface area contributed by atoms with Gasteiger partial charge in [-0.3, -0.25) is 4.90 Å². The van der Waals surface area contributed by atoms with Crippen molar-refractivity contribution in [1.29, 1.82) is 0 Å². The summed E-state index contributed by atoms with van der Waals surface area (Å²) in [7, 11) is 4.06. The molecule has 0 bridgehead atoms. The number of morpholine rings is 1. The average molecular weight is 215 g/mol. The summed E-state index contributed by atoms with van der Waals surface area (Å²) in [5, 5.41) is 4.07. The predicted octanol–water partition coefficient (Wildman–Crippen LogP) is 0.149. The fourth-order valence-electron chi connectivity index (χ4n) is 1.93. The standard InChI is InChI=1S/C10H21N3O2/c1-11(2)10-9-13(7-8-14-10)15-12-5-3-4-6-12/h10H,3-9H2,1-2H3. The largest absolute Gasteiger partial charge is 0.360 e. The molecule has 0 radical (unpaired) electrons. The summed E-state index contributed by atoms with van der Waals surface area (Å²) in [6, 6.07) is 0. The summed E-state index contributed by atoms with van der Waals surface area (Å²) in [4.78, 5) is 7.88. The molecule has 2 saturated heterocycles. The Morgan fingerprint density at radius 3 is 2.53 bits per heavy atom. The Morgan fingerprint density at radius 1 is 1.13 bits per heavy atom. The molecule has 5 heteroatoms. The monoisotopic (exact) mass is 215 g/mol. The first-order chi connectivity index (χ1) is 7.25. The molecule has 2 aliphatic heterocycles. The fraction of sp³-hybridized carbons (Fsp3) is 1.00. The van der Waals surface area contributed by atoms with Crippen LogP contribution in [-0.4, -0.2) is 68.1 Å². The Labute approximate surface area is 91.4 Å². The van der Waals surface area contributed by atoms with Gasteiger partial charge in [-0.25, -0.2) is 4.94 Å². The molecule has 2 aliphatic rings. The van der Waals surface area contributed by atoms with Crippen molar-refractivity contribution in [3.05, 3.63) is 0 Å². The first kappa shape index (κ1) is 11.3. The van der Waals surface area contributed by atoms with Gasteiger partial charge in [-0.15, -0.1) is 0 Å². The highest BCUT2D eigenvalue weighted by atomic mass is 16.8. The molecule has 5 nitrogen and oxygen atoms in total. The molecule has 0 aromatic heterocycles. The molecule has 2 rings (SSSR count). The second kappa shape index (κ2) is 5.23. The summed E-state index contributed by atoms with van der Waals surface area (Å²) < 4.78 is 5.62. The van der Waals surface area contributed by atoms with E-state index in [4.69, 9.17) is 9.68 Å². The van der Waals surface area contributed by atoms with Crippen molar-refractivity contribution >= 4 is 0 Å². The van der Waals surface area contributed by atoms with Crippen molar-refractivity contribution in [3.63, 3.8) is 0 Å². The maximum absolute atomic E-state index is 5.79. The quantitative estimate of drug-likeness (QED) is 0.668. The van der Waals surface area contributed by atoms with E-state index in [2.05, 4.69) is 9.96 Å². The van der Waals surface area contributed by atoms with Crippen molar-refractivity contribution in [2.75, 3.05) is 46.9 Å². The number of likely N-dealkylation sites (N-methyl/N-ethyl adjacent to an activating group) is 1. The zero-order chi connectivity index (χ0) is 10.7. The third-order valence-electron chi connectivity index (χ3n) is 2.88. The number of ether oxygens (including phenoxy) is 1. The zero-order valence-electron chi connectivity index (χ0n) is 9.69. The number of rotatable bonds is 3. The molecule has 0 aromatic carbocycles. The lowest BCUT2D eigenvalue weighted by Gasteiger charge is -2.36. The lowest BCUT2D eigenvalue weighted by Crippen LogP contribution is -2.50. The van der Waals surface area contributed by atoms with E-state index in [1.54, 1.807) is 0 Å². The molecular weight excluding hydrogens is 194 g/mol. The van der Waals surface area contributed by atoms with Crippen LogP contribution in [0.5, 0.6) is 0 Å². The van der Waals surface area contributed by atoms with Gasteiger partial charge in [0.2, 0.25) is 0 Å². The Hall–Kier alpha value is -0.200. The predicted molar refractivity (Wildman–Crippen MR) is 56.9 cm³/mol. The molecule has 0 spiro atoms.